The van der Waals surface area contributed by atoms with Crippen LogP contribution in [0.25, 0.3) is 0 Å². The van der Waals surface area contributed by atoms with Crippen LogP contribution in [0.4, 0.5) is 5.69 Å². The monoisotopic (exact) mass is 220 g/mol. The first-order chi connectivity index (χ1) is 7.25. The second kappa shape index (κ2) is 4.71. The number of aliphatic imine (C=N–C) groups is 1. The van der Waals surface area contributed by atoms with Crippen LogP contribution in [0.1, 0.15) is 18.9 Å². The van der Waals surface area contributed by atoms with Crippen molar-refractivity contribution in [2.24, 2.45) is 4.99 Å². The van der Waals surface area contributed by atoms with Crippen LogP contribution in [0.5, 0.6) is 0 Å². The Bertz CT molecular complexity index is 374. The van der Waals surface area contributed by atoms with Gasteiger partial charge >= 0.3 is 0 Å². The summed E-state index contributed by atoms with van der Waals surface area (Å²) < 4.78 is 0. The number of para-hydroxylation sites is 1. The van der Waals surface area contributed by atoms with Crippen LogP contribution in [-0.4, -0.2) is 17.0 Å². The molecule has 0 aromatic heterocycles. The largest absolute Gasteiger partial charge is 0.335 e. The van der Waals surface area contributed by atoms with E-state index in [1.807, 2.05) is 17.8 Å². The van der Waals surface area contributed by atoms with Crippen LogP contribution in [0.15, 0.2) is 29.3 Å². The smallest absolute Gasteiger partial charge is 0.161 e. The highest BCUT2D eigenvalue weighted by atomic mass is 32.2. The predicted molar refractivity (Wildman–Crippen MR) is 68.8 cm³/mol. The van der Waals surface area contributed by atoms with Crippen LogP contribution in [-0.2, 0) is 0 Å². The molecule has 15 heavy (non-hydrogen) atoms. The maximum atomic E-state index is 4.59. The highest BCUT2D eigenvalue weighted by Gasteiger charge is 2.11. The van der Waals surface area contributed by atoms with Gasteiger partial charge in [0.05, 0.1) is 6.04 Å². The Morgan fingerprint density at radius 1 is 1.40 bits per heavy atom. The lowest BCUT2D eigenvalue weighted by atomic mass is 10.2. The average Bonchev–Trinajstić information content (AvgIpc) is 2.22. The molecule has 1 aliphatic rings. The minimum absolute atomic E-state index is 0.456. The average molecular weight is 220 g/mol. The van der Waals surface area contributed by atoms with Gasteiger partial charge in [0.1, 0.15) is 0 Å². The molecule has 1 atom stereocenters. The van der Waals surface area contributed by atoms with Gasteiger partial charge in [-0.3, -0.25) is 4.99 Å². The van der Waals surface area contributed by atoms with Crippen molar-refractivity contribution < 1.29 is 0 Å². The first-order valence-electron chi connectivity index (χ1n) is 5.29. The summed E-state index contributed by atoms with van der Waals surface area (Å²) in [6.07, 6.45) is 1.18. The van der Waals surface area contributed by atoms with Crippen LogP contribution < -0.4 is 5.32 Å². The Kier molecular flexibility index (Phi) is 3.31. The second-order valence-corrected chi connectivity index (χ2v) is 4.94. The van der Waals surface area contributed by atoms with Gasteiger partial charge in [0.25, 0.3) is 0 Å². The molecule has 1 aliphatic heterocycles. The summed E-state index contributed by atoms with van der Waals surface area (Å²) in [5.74, 6) is 1.17. The normalized spacial score (nSPS) is 20.9. The summed E-state index contributed by atoms with van der Waals surface area (Å²) in [5.41, 5.74) is 2.43. The molecule has 2 nitrogen and oxygen atoms in total. The van der Waals surface area contributed by atoms with E-state index in [9.17, 15) is 0 Å². The number of amidine groups is 1. The molecule has 0 aliphatic carbocycles. The third-order valence-corrected chi connectivity index (χ3v) is 3.42. The Morgan fingerprint density at radius 3 is 2.93 bits per heavy atom. The summed E-state index contributed by atoms with van der Waals surface area (Å²) in [7, 11) is 0. The van der Waals surface area contributed by atoms with E-state index >= 15 is 0 Å². The van der Waals surface area contributed by atoms with E-state index in [-0.39, 0.29) is 0 Å². The molecule has 0 saturated carbocycles. The van der Waals surface area contributed by atoms with Gasteiger partial charge in [0.15, 0.2) is 5.17 Å². The van der Waals surface area contributed by atoms with Crippen molar-refractivity contribution in [1.82, 2.24) is 0 Å². The first-order valence-corrected chi connectivity index (χ1v) is 6.27. The van der Waals surface area contributed by atoms with Crippen molar-refractivity contribution in [1.29, 1.82) is 0 Å². The zero-order chi connectivity index (χ0) is 10.7. The lowest BCUT2D eigenvalue weighted by Crippen LogP contribution is -2.18. The summed E-state index contributed by atoms with van der Waals surface area (Å²) >= 11 is 1.81. The fourth-order valence-corrected chi connectivity index (χ4v) is 2.61. The zero-order valence-corrected chi connectivity index (χ0v) is 9.97. The van der Waals surface area contributed by atoms with Crippen LogP contribution in [0.3, 0.4) is 0 Å². The Balaban J connectivity index is 2.12. The van der Waals surface area contributed by atoms with E-state index in [4.69, 9.17) is 0 Å². The molecule has 0 bridgehead atoms. The van der Waals surface area contributed by atoms with Crippen molar-refractivity contribution in [3.8, 4) is 0 Å². The van der Waals surface area contributed by atoms with E-state index in [0.717, 1.165) is 10.9 Å². The topological polar surface area (TPSA) is 24.4 Å². The number of nitrogens with one attached hydrogen (secondary N) is 1. The summed E-state index contributed by atoms with van der Waals surface area (Å²) in [6, 6.07) is 8.77. The van der Waals surface area contributed by atoms with Crippen LogP contribution in [0, 0.1) is 6.92 Å². The van der Waals surface area contributed by atoms with E-state index in [0.29, 0.717) is 6.04 Å². The number of anilines is 1. The molecular weight excluding hydrogens is 204 g/mol. The lowest BCUT2D eigenvalue weighted by Gasteiger charge is -2.18. The number of aryl methyl sites for hydroxylation is 1. The molecule has 0 spiro atoms. The molecule has 1 aromatic rings. The fourth-order valence-electron chi connectivity index (χ4n) is 1.52. The summed E-state index contributed by atoms with van der Waals surface area (Å²) in [4.78, 5) is 4.59. The number of thioether (sulfide) groups is 1. The van der Waals surface area contributed by atoms with Gasteiger partial charge in [-0.2, -0.15) is 0 Å². The number of rotatable bonds is 1. The fraction of sp³-hybridized carbons (Fsp3) is 0.417. The van der Waals surface area contributed by atoms with E-state index in [1.165, 1.54) is 17.7 Å². The predicted octanol–water partition coefficient (Wildman–Crippen LogP) is 3.29. The highest BCUT2D eigenvalue weighted by Crippen LogP contribution is 2.21. The number of nitrogens with zero attached hydrogens (tertiary/aromatic N) is 1. The molecule has 0 fully saturated rings. The minimum Gasteiger partial charge on any atom is -0.335 e. The Morgan fingerprint density at radius 2 is 2.20 bits per heavy atom. The van der Waals surface area contributed by atoms with Gasteiger partial charge in [-0.25, -0.2) is 0 Å². The Labute approximate surface area is 95.2 Å². The minimum atomic E-state index is 0.456. The van der Waals surface area contributed by atoms with E-state index in [1.54, 1.807) is 0 Å². The SMILES string of the molecule is Cc1ccccc1NC1=NC(C)CCS1. The van der Waals surface area contributed by atoms with Gasteiger partial charge in [0.2, 0.25) is 0 Å². The molecule has 1 unspecified atom stereocenters. The number of hydrogen-bond acceptors (Lipinski definition) is 3. The number of hydrogen-bond donors (Lipinski definition) is 1. The second-order valence-electron chi connectivity index (χ2n) is 3.86. The molecule has 1 N–H and O–H groups in total. The number of benzene rings is 1. The van der Waals surface area contributed by atoms with Crippen molar-refractivity contribution in [2.45, 2.75) is 26.3 Å². The standard InChI is InChI=1S/C12H16N2S/c1-9-5-3-4-6-11(9)14-12-13-10(2)7-8-15-12/h3-6,10H,7-8H2,1-2H3,(H,13,14). The summed E-state index contributed by atoms with van der Waals surface area (Å²) in [5, 5.41) is 4.45. The van der Waals surface area contributed by atoms with Crippen molar-refractivity contribution in [2.75, 3.05) is 11.1 Å². The van der Waals surface area contributed by atoms with Crippen molar-refractivity contribution in [3.05, 3.63) is 29.8 Å². The van der Waals surface area contributed by atoms with E-state index < -0.39 is 0 Å². The zero-order valence-electron chi connectivity index (χ0n) is 9.16. The maximum Gasteiger partial charge on any atom is 0.161 e. The molecule has 3 heteroatoms. The molecule has 80 valence electrons. The van der Waals surface area contributed by atoms with E-state index in [2.05, 4.69) is 42.4 Å². The van der Waals surface area contributed by atoms with Gasteiger partial charge in [-0.05, 0) is 31.9 Å². The van der Waals surface area contributed by atoms with Crippen molar-refractivity contribution in [3.63, 3.8) is 0 Å². The van der Waals surface area contributed by atoms with Crippen molar-refractivity contribution >= 4 is 22.6 Å². The van der Waals surface area contributed by atoms with Gasteiger partial charge in [-0.15, -0.1) is 0 Å². The third kappa shape index (κ3) is 2.75. The van der Waals surface area contributed by atoms with Gasteiger partial charge < -0.3 is 5.32 Å². The van der Waals surface area contributed by atoms with Gasteiger partial charge in [-0.1, -0.05) is 30.0 Å². The highest BCUT2D eigenvalue weighted by molar-refractivity contribution is 8.14. The van der Waals surface area contributed by atoms with Crippen LogP contribution in [0.2, 0.25) is 0 Å². The van der Waals surface area contributed by atoms with Crippen LogP contribution >= 0.6 is 11.8 Å². The Hall–Kier alpha value is -0.960. The maximum absolute atomic E-state index is 4.59. The lowest BCUT2D eigenvalue weighted by molar-refractivity contribution is 0.720. The molecule has 1 heterocycles. The molecule has 0 radical (unpaired) electrons. The first kappa shape index (κ1) is 10.6. The molecule has 0 amide bonds. The molecular formula is C12H16N2S. The third-order valence-electron chi connectivity index (χ3n) is 2.50. The summed E-state index contributed by atoms with van der Waals surface area (Å²) in [6.45, 7) is 4.28. The molecule has 0 saturated heterocycles. The van der Waals surface area contributed by atoms with Gasteiger partial charge in [0, 0.05) is 11.4 Å². The molecule has 2 rings (SSSR count). The molecule has 1 aromatic carbocycles. The quantitative estimate of drug-likeness (QED) is 0.785.